The lowest BCUT2D eigenvalue weighted by Crippen LogP contribution is -2.27. The fourth-order valence-corrected chi connectivity index (χ4v) is 9.79. The number of ether oxygens (including phenoxy) is 6. The van der Waals surface area contributed by atoms with Crippen LogP contribution in [0, 0.1) is 73.0 Å². The summed E-state index contributed by atoms with van der Waals surface area (Å²) in [6.07, 6.45) is 33.5. The van der Waals surface area contributed by atoms with Crippen LogP contribution in [0.2, 0.25) is 0 Å². The minimum absolute atomic E-state index is 0. The lowest BCUT2D eigenvalue weighted by atomic mass is 9.84. The fraction of sp³-hybridized carbons (Fsp3) is 0.757. The fourth-order valence-electron chi connectivity index (χ4n) is 9.79. The van der Waals surface area contributed by atoms with Gasteiger partial charge in [0.1, 0.15) is 0 Å². The summed E-state index contributed by atoms with van der Waals surface area (Å²) in [6, 6.07) is 17.5. The Morgan fingerprint density at radius 2 is 0.625 bits per heavy atom. The zero-order valence-corrected chi connectivity index (χ0v) is 54.7. The second-order valence-electron chi connectivity index (χ2n) is 26.6. The van der Waals surface area contributed by atoms with Crippen LogP contribution in [0.3, 0.4) is 0 Å². The van der Waals surface area contributed by atoms with Gasteiger partial charge in [-0.3, -0.25) is 0 Å². The molecule has 0 radical (unpaired) electrons. The molecular formula is C74H130O6. The largest absolute Gasteiger partial charge is 0.378 e. The van der Waals surface area contributed by atoms with Crippen LogP contribution in [0.4, 0.5) is 0 Å². The standard InChI is InChI=1S/C15H16.C8H16.3C8H14.2C7H14O.2C6H12O2.CH4/c1-12-3-7-14(8-4-12)11-15-9-5-13(2)6-10-15;4*1-7-3-5-8(2)6-4-7;2*1-6-3-4-7(2)8-5-6;2*1-5-3-7-6(2)8-4-5;/h3-10H,11H2,1-2H3;7-8H,3-6H2,1-2H3;2*3,8H,4-6H2,1-2H3;3,5,7-8H,4,6H2,1-2H3;2*6-7H,3-5H2,1-2H3;2*5-6H,3-4H2,1-2H3;1H4. The van der Waals surface area contributed by atoms with Crippen molar-refractivity contribution in [2.45, 2.75) is 266 Å². The van der Waals surface area contributed by atoms with Gasteiger partial charge in [0.15, 0.2) is 12.6 Å². The van der Waals surface area contributed by atoms with Crippen LogP contribution in [0.5, 0.6) is 0 Å². The van der Waals surface area contributed by atoms with Crippen LogP contribution in [-0.2, 0) is 34.8 Å². The Hall–Kier alpha value is -2.58. The van der Waals surface area contributed by atoms with E-state index in [1.165, 1.54) is 125 Å². The maximum atomic E-state index is 5.39. The Bertz CT molecular complexity index is 1580. The lowest BCUT2D eigenvalue weighted by Gasteiger charge is -2.24. The number of allylic oxidation sites excluding steroid dienone is 6. The number of benzene rings is 2. The van der Waals surface area contributed by atoms with Crippen LogP contribution < -0.4 is 0 Å². The number of hydrogen-bond donors (Lipinski definition) is 0. The van der Waals surface area contributed by atoms with E-state index in [1.807, 2.05) is 13.8 Å². The molecule has 6 heteroatoms. The highest BCUT2D eigenvalue weighted by atomic mass is 16.7. The van der Waals surface area contributed by atoms with E-state index >= 15 is 0 Å². The molecular weight excluding hydrogens is 985 g/mol. The van der Waals surface area contributed by atoms with Gasteiger partial charge >= 0.3 is 0 Å². The molecule has 6 nitrogen and oxygen atoms in total. The minimum atomic E-state index is 0. The van der Waals surface area contributed by atoms with Crippen LogP contribution in [0.25, 0.3) is 0 Å². The van der Waals surface area contributed by atoms with Gasteiger partial charge in [0.25, 0.3) is 0 Å². The van der Waals surface area contributed by atoms with Crippen LogP contribution in [0.15, 0.2) is 84.0 Å². The lowest BCUT2D eigenvalue weighted by molar-refractivity contribution is -0.187. The van der Waals surface area contributed by atoms with Gasteiger partial charge in [0, 0.05) is 25.0 Å². The number of hydrogen-bond acceptors (Lipinski definition) is 6. The predicted octanol–water partition coefficient (Wildman–Crippen LogP) is 21.2. The van der Waals surface area contributed by atoms with Crippen molar-refractivity contribution in [1.82, 2.24) is 0 Å². The van der Waals surface area contributed by atoms with E-state index < -0.39 is 0 Å². The van der Waals surface area contributed by atoms with Crippen LogP contribution in [-0.4, -0.2) is 64.4 Å². The summed E-state index contributed by atoms with van der Waals surface area (Å²) in [5, 5.41) is 0. The topological polar surface area (TPSA) is 55.4 Å². The molecule has 2 aromatic rings. The van der Waals surface area contributed by atoms with Gasteiger partial charge in [-0.2, -0.15) is 0 Å². The van der Waals surface area contributed by atoms with Gasteiger partial charge in [-0.15, -0.1) is 0 Å². The summed E-state index contributed by atoms with van der Waals surface area (Å²) in [6.45, 7) is 44.8. The summed E-state index contributed by atoms with van der Waals surface area (Å²) in [5.74, 6) is 8.35. The van der Waals surface area contributed by atoms with E-state index in [0.29, 0.717) is 24.0 Å². The molecule has 4 saturated heterocycles. The van der Waals surface area contributed by atoms with Gasteiger partial charge < -0.3 is 28.4 Å². The molecule has 0 aromatic heterocycles. The van der Waals surface area contributed by atoms with Crippen molar-refractivity contribution in [2.75, 3.05) is 39.6 Å². The molecule has 8 unspecified atom stereocenters. The van der Waals surface area contributed by atoms with Gasteiger partial charge in [-0.05, 0) is 197 Å². The van der Waals surface area contributed by atoms with Crippen LogP contribution >= 0.6 is 0 Å². The molecule has 1 saturated carbocycles. The van der Waals surface area contributed by atoms with Crippen LogP contribution in [0.1, 0.15) is 243 Å². The maximum absolute atomic E-state index is 5.39. The van der Waals surface area contributed by atoms with E-state index in [2.05, 4.69) is 184 Å². The van der Waals surface area contributed by atoms with Gasteiger partial charge in [0.2, 0.25) is 0 Å². The highest BCUT2D eigenvalue weighted by Gasteiger charge is 2.17. The van der Waals surface area contributed by atoms with E-state index in [-0.39, 0.29) is 20.0 Å². The van der Waals surface area contributed by atoms with Crippen molar-refractivity contribution in [2.24, 2.45) is 59.2 Å². The van der Waals surface area contributed by atoms with E-state index in [4.69, 9.17) is 28.4 Å². The molecule has 10 rings (SSSR count). The molecule has 4 aliphatic heterocycles. The molecule has 0 amide bonds. The quantitative estimate of drug-likeness (QED) is 0.279. The highest BCUT2D eigenvalue weighted by molar-refractivity contribution is 5.29. The molecule has 80 heavy (non-hydrogen) atoms. The molecule has 8 atom stereocenters. The second kappa shape index (κ2) is 44.9. The minimum Gasteiger partial charge on any atom is -0.378 e. The van der Waals surface area contributed by atoms with Gasteiger partial charge in [-0.25, -0.2) is 0 Å². The first-order valence-electron chi connectivity index (χ1n) is 32.3. The molecule has 2 aromatic carbocycles. The Balaban J connectivity index is 0.000000454. The average molecular weight is 1120 g/mol. The normalized spacial score (nSPS) is 31.5. The molecule has 8 aliphatic rings. The Kier molecular flexibility index (Phi) is 42.3. The zero-order valence-electron chi connectivity index (χ0n) is 54.7. The van der Waals surface area contributed by atoms with Gasteiger partial charge in [0.05, 0.1) is 38.6 Å². The molecule has 0 N–H and O–H groups in total. The first kappa shape index (κ1) is 75.4. The molecule has 4 aliphatic carbocycles. The Morgan fingerprint density at radius 1 is 0.325 bits per heavy atom. The molecule has 462 valence electrons. The van der Waals surface area contributed by atoms with Crippen molar-refractivity contribution >= 4 is 0 Å². The number of rotatable bonds is 2. The summed E-state index contributed by atoms with van der Waals surface area (Å²) in [4.78, 5) is 0. The third-order valence-electron chi connectivity index (χ3n) is 16.5. The zero-order chi connectivity index (χ0) is 58.5. The summed E-state index contributed by atoms with van der Waals surface area (Å²) in [5.41, 5.74) is 8.57. The van der Waals surface area contributed by atoms with Crippen molar-refractivity contribution in [3.63, 3.8) is 0 Å². The smallest absolute Gasteiger partial charge is 0.154 e. The SMILES string of the molecule is C.CC1=CCC(C)CC1.CC1=CCC(C)CC1.CC1C=CC(C)CC1.CC1CCC(C)CC1.CC1CCC(C)OC1.CC1CCC(C)OC1.CC1COC(C)OC1.CC1COC(C)OC1.Cc1ccc(Cc2ccc(C)cc2)cc1. The number of aryl methyl sites for hydroxylation is 2. The summed E-state index contributed by atoms with van der Waals surface area (Å²) < 4.78 is 31.5. The van der Waals surface area contributed by atoms with Crippen molar-refractivity contribution in [1.29, 1.82) is 0 Å². The first-order chi connectivity index (χ1) is 37.5. The molecule has 5 fully saturated rings. The first-order valence-corrected chi connectivity index (χ1v) is 32.3. The van der Waals surface area contributed by atoms with Crippen molar-refractivity contribution in [3.05, 3.63) is 106 Å². The average Bonchev–Trinajstić information content (AvgIpc) is 3.43. The summed E-state index contributed by atoms with van der Waals surface area (Å²) in [7, 11) is 0. The molecule has 0 spiro atoms. The Morgan fingerprint density at radius 3 is 0.850 bits per heavy atom. The van der Waals surface area contributed by atoms with E-state index in [0.717, 1.165) is 93.4 Å². The van der Waals surface area contributed by atoms with Crippen molar-refractivity contribution < 1.29 is 28.4 Å². The van der Waals surface area contributed by atoms with E-state index in [1.54, 1.807) is 11.1 Å². The predicted molar refractivity (Wildman–Crippen MR) is 348 cm³/mol. The second-order valence-corrected chi connectivity index (χ2v) is 26.6. The molecule has 0 bridgehead atoms. The summed E-state index contributed by atoms with van der Waals surface area (Å²) >= 11 is 0. The Labute approximate surface area is 497 Å². The van der Waals surface area contributed by atoms with Gasteiger partial charge in [-0.1, -0.05) is 197 Å². The third kappa shape index (κ3) is 40.6. The third-order valence-corrected chi connectivity index (χ3v) is 16.5. The van der Waals surface area contributed by atoms with E-state index in [9.17, 15) is 0 Å². The highest BCUT2D eigenvalue weighted by Crippen LogP contribution is 2.28. The van der Waals surface area contributed by atoms with Crippen molar-refractivity contribution in [3.8, 4) is 0 Å². The maximum Gasteiger partial charge on any atom is 0.154 e. The molecule has 4 heterocycles. The monoisotopic (exact) mass is 1110 g/mol.